The molecule has 2 aromatic rings. The lowest BCUT2D eigenvalue weighted by Gasteiger charge is -2.27. The number of aliphatic hydroxyl groups is 1. The molecule has 2 N–H and O–H groups in total. The molecule has 1 heterocycles. The van der Waals surface area contributed by atoms with E-state index in [0.717, 1.165) is 18.4 Å². The number of carbonyl (C=O) groups excluding carboxylic acids is 2. The van der Waals surface area contributed by atoms with Crippen molar-refractivity contribution in [1.82, 2.24) is 4.90 Å². The van der Waals surface area contributed by atoms with Gasteiger partial charge in [0.05, 0.1) is 6.61 Å². The summed E-state index contributed by atoms with van der Waals surface area (Å²) in [7, 11) is 0. The van der Waals surface area contributed by atoms with E-state index in [-0.39, 0.29) is 30.2 Å². The minimum atomic E-state index is -0.411. The highest BCUT2D eigenvalue weighted by Gasteiger charge is 2.39. The van der Waals surface area contributed by atoms with Crippen LogP contribution in [-0.2, 0) is 11.2 Å². The van der Waals surface area contributed by atoms with Gasteiger partial charge in [-0.15, -0.1) is 0 Å². The summed E-state index contributed by atoms with van der Waals surface area (Å²) in [4.78, 5) is 26.5. The van der Waals surface area contributed by atoms with Crippen LogP contribution in [0.2, 0.25) is 0 Å². The monoisotopic (exact) mass is 396 g/mol. The van der Waals surface area contributed by atoms with Crippen molar-refractivity contribution < 1.29 is 19.1 Å². The number of carbonyl (C=O) groups is 2. The smallest absolute Gasteiger partial charge is 0.253 e. The van der Waals surface area contributed by atoms with Gasteiger partial charge >= 0.3 is 0 Å². The molecule has 0 spiro atoms. The Balaban J connectivity index is 1.39. The molecule has 5 nitrogen and oxygen atoms in total. The maximum atomic E-state index is 13.1. The van der Waals surface area contributed by atoms with E-state index < -0.39 is 5.41 Å². The van der Waals surface area contributed by atoms with E-state index in [1.165, 1.54) is 12.1 Å². The number of anilines is 1. The molecule has 1 aliphatic heterocycles. The van der Waals surface area contributed by atoms with Crippen LogP contribution < -0.4 is 5.32 Å². The van der Waals surface area contributed by atoms with Gasteiger partial charge in [0, 0.05) is 35.7 Å². The fourth-order valence-electron chi connectivity index (χ4n) is 3.94. The van der Waals surface area contributed by atoms with Crippen molar-refractivity contribution in [3.05, 3.63) is 65.5 Å². The lowest BCUT2D eigenvalue weighted by Crippen LogP contribution is -2.35. The number of nitrogens with one attached hydrogen (secondary N) is 1. The summed E-state index contributed by atoms with van der Waals surface area (Å²) >= 11 is 0. The van der Waals surface area contributed by atoms with Gasteiger partial charge in [-0.05, 0) is 67.6 Å². The quantitative estimate of drug-likeness (QED) is 0.788. The Hall–Kier alpha value is -2.73. The lowest BCUT2D eigenvalue weighted by molar-refractivity contribution is -0.117. The minimum Gasteiger partial charge on any atom is -0.396 e. The first-order valence-electron chi connectivity index (χ1n) is 10.0. The molecule has 1 aliphatic carbocycles. The SMILES string of the molecule is O=C(Nc1ccc(C(=O)N2CCC(CO)(Cc3ccc(F)cc3)C2)cc1)C1CC1. The first kappa shape index (κ1) is 19.6. The Morgan fingerprint density at radius 2 is 1.79 bits per heavy atom. The molecule has 29 heavy (non-hydrogen) atoms. The van der Waals surface area contributed by atoms with Crippen molar-refractivity contribution in [3.8, 4) is 0 Å². The van der Waals surface area contributed by atoms with Crippen molar-refractivity contribution in [1.29, 1.82) is 0 Å². The molecule has 1 atom stereocenters. The Morgan fingerprint density at radius 3 is 2.41 bits per heavy atom. The molecule has 2 amide bonds. The van der Waals surface area contributed by atoms with E-state index in [4.69, 9.17) is 0 Å². The van der Waals surface area contributed by atoms with E-state index in [0.29, 0.717) is 37.2 Å². The first-order chi connectivity index (χ1) is 14.0. The highest BCUT2D eigenvalue weighted by atomic mass is 19.1. The predicted molar refractivity (Wildman–Crippen MR) is 108 cm³/mol. The first-order valence-corrected chi connectivity index (χ1v) is 10.0. The Kier molecular flexibility index (Phi) is 5.37. The maximum Gasteiger partial charge on any atom is 0.253 e. The Bertz CT molecular complexity index is 893. The summed E-state index contributed by atoms with van der Waals surface area (Å²) in [5.41, 5.74) is 1.79. The predicted octanol–water partition coefficient (Wildman–Crippen LogP) is 3.24. The molecule has 1 saturated carbocycles. The number of hydrogen-bond acceptors (Lipinski definition) is 3. The average molecular weight is 396 g/mol. The summed E-state index contributed by atoms with van der Waals surface area (Å²) in [5.74, 6) is -0.197. The van der Waals surface area contributed by atoms with Gasteiger partial charge in [0.15, 0.2) is 0 Å². The number of benzene rings is 2. The number of aliphatic hydroxyl groups excluding tert-OH is 1. The fraction of sp³-hybridized carbons (Fsp3) is 0.391. The number of likely N-dealkylation sites (tertiary alicyclic amines) is 1. The van der Waals surface area contributed by atoms with Crippen LogP contribution in [0, 0.1) is 17.2 Å². The summed E-state index contributed by atoms with van der Waals surface area (Å²) in [6.45, 7) is 1.00. The molecule has 1 unspecified atom stereocenters. The topological polar surface area (TPSA) is 69.6 Å². The summed E-state index contributed by atoms with van der Waals surface area (Å²) in [6.07, 6.45) is 3.19. The summed E-state index contributed by atoms with van der Waals surface area (Å²) in [6, 6.07) is 13.2. The number of nitrogens with zero attached hydrogens (tertiary/aromatic N) is 1. The zero-order chi connectivity index (χ0) is 20.4. The molecule has 152 valence electrons. The minimum absolute atomic E-state index is 0.0275. The van der Waals surface area contributed by atoms with Gasteiger partial charge in [-0.1, -0.05) is 12.1 Å². The third kappa shape index (κ3) is 4.48. The van der Waals surface area contributed by atoms with Crippen LogP contribution in [0.15, 0.2) is 48.5 Å². The standard InChI is InChI=1S/C23H25FN2O3/c24-19-7-1-16(2-8-19)13-23(15-27)11-12-26(14-23)22(29)18-5-9-20(10-6-18)25-21(28)17-3-4-17/h1-2,5-10,17,27H,3-4,11-15H2,(H,25,28). The molecule has 0 radical (unpaired) electrons. The molecule has 6 heteroatoms. The Labute approximate surface area is 169 Å². The molecule has 2 aliphatic rings. The molecule has 4 rings (SSSR count). The van der Waals surface area contributed by atoms with Crippen LogP contribution in [0.1, 0.15) is 35.2 Å². The van der Waals surface area contributed by atoms with E-state index in [1.807, 2.05) is 0 Å². The van der Waals surface area contributed by atoms with E-state index in [2.05, 4.69) is 5.32 Å². The van der Waals surface area contributed by atoms with E-state index in [9.17, 15) is 19.1 Å². The second kappa shape index (κ2) is 7.95. The van der Waals surface area contributed by atoms with Crippen molar-refractivity contribution >= 4 is 17.5 Å². The molecule has 1 saturated heterocycles. The van der Waals surface area contributed by atoms with Crippen molar-refractivity contribution in [2.24, 2.45) is 11.3 Å². The van der Waals surface area contributed by atoms with Gasteiger partial charge in [-0.3, -0.25) is 9.59 Å². The Morgan fingerprint density at radius 1 is 1.10 bits per heavy atom. The second-order valence-corrected chi connectivity index (χ2v) is 8.28. The number of amides is 2. The number of halogens is 1. The van der Waals surface area contributed by atoms with Crippen LogP contribution in [0.4, 0.5) is 10.1 Å². The second-order valence-electron chi connectivity index (χ2n) is 8.28. The molecule has 2 aromatic carbocycles. The van der Waals surface area contributed by atoms with Crippen LogP contribution in [0.5, 0.6) is 0 Å². The molecule has 0 aromatic heterocycles. The van der Waals surface area contributed by atoms with Gasteiger partial charge in [0.1, 0.15) is 5.82 Å². The van der Waals surface area contributed by atoms with Crippen molar-refractivity contribution in [2.45, 2.75) is 25.7 Å². The highest BCUT2D eigenvalue weighted by molar-refractivity contribution is 5.97. The summed E-state index contributed by atoms with van der Waals surface area (Å²) < 4.78 is 13.1. The fourth-order valence-corrected chi connectivity index (χ4v) is 3.94. The van der Waals surface area contributed by atoms with Gasteiger partial charge in [0.2, 0.25) is 5.91 Å². The molecule has 2 fully saturated rings. The zero-order valence-electron chi connectivity index (χ0n) is 16.2. The average Bonchev–Trinajstić information content (AvgIpc) is 3.51. The van der Waals surface area contributed by atoms with Gasteiger partial charge in [0.25, 0.3) is 5.91 Å². The van der Waals surface area contributed by atoms with E-state index >= 15 is 0 Å². The molecular formula is C23H25FN2O3. The maximum absolute atomic E-state index is 13.1. The van der Waals surface area contributed by atoms with Crippen LogP contribution in [0.25, 0.3) is 0 Å². The highest BCUT2D eigenvalue weighted by Crippen LogP contribution is 2.35. The molecule has 0 bridgehead atoms. The molecular weight excluding hydrogens is 371 g/mol. The van der Waals surface area contributed by atoms with Gasteiger partial charge in [-0.2, -0.15) is 0 Å². The van der Waals surface area contributed by atoms with Crippen molar-refractivity contribution in [2.75, 3.05) is 25.0 Å². The van der Waals surface area contributed by atoms with Gasteiger partial charge in [-0.25, -0.2) is 4.39 Å². The van der Waals surface area contributed by atoms with Crippen LogP contribution >= 0.6 is 0 Å². The largest absolute Gasteiger partial charge is 0.396 e. The summed E-state index contributed by atoms with van der Waals surface area (Å²) in [5, 5.41) is 12.9. The third-order valence-electron chi connectivity index (χ3n) is 5.90. The van der Waals surface area contributed by atoms with Crippen LogP contribution in [-0.4, -0.2) is 41.5 Å². The number of rotatable bonds is 6. The normalized spacial score (nSPS) is 21.2. The third-order valence-corrected chi connectivity index (χ3v) is 5.90. The van der Waals surface area contributed by atoms with Gasteiger partial charge < -0.3 is 15.3 Å². The van der Waals surface area contributed by atoms with Crippen LogP contribution in [0.3, 0.4) is 0 Å². The zero-order valence-corrected chi connectivity index (χ0v) is 16.2. The lowest BCUT2D eigenvalue weighted by atomic mass is 9.81. The van der Waals surface area contributed by atoms with E-state index in [1.54, 1.807) is 41.3 Å². The van der Waals surface area contributed by atoms with Crippen molar-refractivity contribution in [3.63, 3.8) is 0 Å². The number of hydrogen-bond donors (Lipinski definition) is 2.